The zero-order valence-corrected chi connectivity index (χ0v) is 10.9. The molecule has 0 aliphatic heterocycles. The van der Waals surface area contributed by atoms with Crippen molar-refractivity contribution in [2.75, 3.05) is 0 Å². The fraction of sp³-hybridized carbons (Fsp3) is 0.533. The number of phenolic OH excluding ortho intramolecular Hbond substituents is 1. The third-order valence-electron chi connectivity index (χ3n) is 3.65. The molecule has 0 bridgehead atoms. The Labute approximate surface area is 108 Å². The van der Waals surface area contributed by atoms with Gasteiger partial charge in [0.25, 0.3) is 5.91 Å². The van der Waals surface area contributed by atoms with Crippen molar-refractivity contribution in [3.63, 3.8) is 0 Å². The summed E-state index contributed by atoms with van der Waals surface area (Å²) in [4.78, 5) is 12.2. The van der Waals surface area contributed by atoms with E-state index < -0.39 is 0 Å². The maximum Gasteiger partial charge on any atom is 0.251 e. The molecule has 1 fully saturated rings. The first-order chi connectivity index (χ1) is 8.66. The highest BCUT2D eigenvalue weighted by Gasteiger charge is 2.16. The summed E-state index contributed by atoms with van der Waals surface area (Å²) in [6, 6.07) is 5.20. The summed E-state index contributed by atoms with van der Waals surface area (Å²) in [7, 11) is 0. The molecule has 98 valence electrons. The number of amides is 1. The fourth-order valence-electron chi connectivity index (χ4n) is 2.59. The molecule has 3 nitrogen and oxygen atoms in total. The van der Waals surface area contributed by atoms with Crippen LogP contribution < -0.4 is 5.32 Å². The van der Waals surface area contributed by atoms with Gasteiger partial charge in [-0.1, -0.05) is 25.7 Å². The van der Waals surface area contributed by atoms with Crippen molar-refractivity contribution in [3.05, 3.63) is 29.3 Å². The van der Waals surface area contributed by atoms with Gasteiger partial charge in [-0.25, -0.2) is 0 Å². The minimum atomic E-state index is -0.0144. The van der Waals surface area contributed by atoms with Crippen LogP contribution in [0.3, 0.4) is 0 Å². The van der Waals surface area contributed by atoms with Crippen molar-refractivity contribution in [1.82, 2.24) is 5.32 Å². The molecule has 1 amide bonds. The Morgan fingerprint density at radius 1 is 1.22 bits per heavy atom. The molecular formula is C15H21NO2. The van der Waals surface area contributed by atoms with Gasteiger partial charge in [0.15, 0.2) is 0 Å². The van der Waals surface area contributed by atoms with Gasteiger partial charge in [-0.3, -0.25) is 4.79 Å². The fourth-order valence-corrected chi connectivity index (χ4v) is 2.59. The molecule has 0 radical (unpaired) electrons. The molecular weight excluding hydrogens is 226 g/mol. The first kappa shape index (κ1) is 12.9. The lowest BCUT2D eigenvalue weighted by Gasteiger charge is -2.17. The van der Waals surface area contributed by atoms with E-state index in [1.165, 1.54) is 25.7 Å². The largest absolute Gasteiger partial charge is 0.508 e. The van der Waals surface area contributed by atoms with Gasteiger partial charge in [0.1, 0.15) is 5.75 Å². The number of carbonyl (C=O) groups is 1. The minimum absolute atomic E-state index is 0.0144. The molecule has 1 aromatic rings. The normalized spacial score (nSPS) is 17.2. The number of carbonyl (C=O) groups excluding carboxylic acids is 1. The number of aryl methyl sites for hydroxylation is 1. The summed E-state index contributed by atoms with van der Waals surface area (Å²) in [5, 5.41) is 12.5. The third kappa shape index (κ3) is 3.25. The number of phenols is 1. The zero-order chi connectivity index (χ0) is 13.0. The van der Waals surface area contributed by atoms with E-state index in [1.54, 1.807) is 18.2 Å². The highest BCUT2D eigenvalue weighted by molar-refractivity contribution is 5.95. The number of rotatable bonds is 2. The second-order valence-corrected chi connectivity index (χ2v) is 5.16. The first-order valence-corrected chi connectivity index (χ1v) is 6.77. The summed E-state index contributed by atoms with van der Waals surface area (Å²) < 4.78 is 0. The molecule has 18 heavy (non-hydrogen) atoms. The predicted octanol–water partition coefficient (Wildman–Crippen LogP) is 3.15. The predicted molar refractivity (Wildman–Crippen MR) is 71.8 cm³/mol. The second kappa shape index (κ2) is 5.89. The zero-order valence-electron chi connectivity index (χ0n) is 10.9. The molecule has 0 spiro atoms. The Balaban J connectivity index is 2.02. The van der Waals surface area contributed by atoms with E-state index in [1.807, 2.05) is 6.92 Å². The molecule has 1 saturated carbocycles. The lowest BCUT2D eigenvalue weighted by Crippen LogP contribution is -2.34. The lowest BCUT2D eigenvalue weighted by molar-refractivity contribution is 0.0933. The van der Waals surface area contributed by atoms with Crippen LogP contribution in [0.1, 0.15) is 54.4 Å². The Morgan fingerprint density at radius 3 is 2.50 bits per heavy atom. The van der Waals surface area contributed by atoms with E-state index in [0.29, 0.717) is 11.6 Å². The van der Waals surface area contributed by atoms with Gasteiger partial charge < -0.3 is 10.4 Å². The topological polar surface area (TPSA) is 49.3 Å². The molecule has 1 aromatic carbocycles. The average Bonchev–Trinajstić information content (AvgIpc) is 2.57. The highest BCUT2D eigenvalue weighted by atomic mass is 16.3. The highest BCUT2D eigenvalue weighted by Crippen LogP contribution is 2.19. The van der Waals surface area contributed by atoms with Gasteiger partial charge in [0.2, 0.25) is 0 Å². The van der Waals surface area contributed by atoms with E-state index in [9.17, 15) is 9.90 Å². The first-order valence-electron chi connectivity index (χ1n) is 6.77. The molecule has 0 atom stereocenters. The van der Waals surface area contributed by atoms with Crippen LogP contribution in [0, 0.1) is 6.92 Å². The van der Waals surface area contributed by atoms with Crippen molar-refractivity contribution < 1.29 is 9.90 Å². The molecule has 0 saturated heterocycles. The Hall–Kier alpha value is -1.51. The van der Waals surface area contributed by atoms with Gasteiger partial charge in [-0.2, -0.15) is 0 Å². The summed E-state index contributed by atoms with van der Waals surface area (Å²) in [5.74, 6) is 0.193. The van der Waals surface area contributed by atoms with E-state index >= 15 is 0 Å². The Kier molecular flexibility index (Phi) is 4.24. The quantitative estimate of drug-likeness (QED) is 0.789. The van der Waals surface area contributed by atoms with Crippen LogP contribution in [-0.2, 0) is 0 Å². The maximum atomic E-state index is 12.2. The summed E-state index contributed by atoms with van der Waals surface area (Å²) in [6.07, 6.45) is 7.15. The molecule has 1 aliphatic carbocycles. The number of hydrogen-bond donors (Lipinski definition) is 2. The van der Waals surface area contributed by atoms with E-state index in [4.69, 9.17) is 0 Å². The van der Waals surface area contributed by atoms with Crippen LogP contribution >= 0.6 is 0 Å². The second-order valence-electron chi connectivity index (χ2n) is 5.16. The van der Waals surface area contributed by atoms with Gasteiger partial charge in [0.05, 0.1) is 0 Å². The number of benzene rings is 1. The Morgan fingerprint density at radius 2 is 1.89 bits per heavy atom. The molecule has 2 N–H and O–H groups in total. The van der Waals surface area contributed by atoms with Crippen LogP contribution in [0.4, 0.5) is 0 Å². The van der Waals surface area contributed by atoms with Gasteiger partial charge in [-0.05, 0) is 43.5 Å². The molecule has 2 rings (SSSR count). The Bertz CT molecular complexity index is 421. The van der Waals surface area contributed by atoms with Gasteiger partial charge >= 0.3 is 0 Å². The SMILES string of the molecule is Cc1cc(O)ccc1C(=O)NC1CCCCCC1. The molecule has 0 heterocycles. The summed E-state index contributed by atoms with van der Waals surface area (Å²) in [5.41, 5.74) is 1.48. The minimum Gasteiger partial charge on any atom is -0.508 e. The van der Waals surface area contributed by atoms with E-state index in [-0.39, 0.29) is 11.7 Å². The molecule has 1 aliphatic rings. The van der Waals surface area contributed by atoms with Crippen molar-refractivity contribution in [1.29, 1.82) is 0 Å². The average molecular weight is 247 g/mol. The van der Waals surface area contributed by atoms with E-state index in [2.05, 4.69) is 5.32 Å². The van der Waals surface area contributed by atoms with Crippen LogP contribution in [0.15, 0.2) is 18.2 Å². The van der Waals surface area contributed by atoms with Crippen LogP contribution in [0.25, 0.3) is 0 Å². The van der Waals surface area contributed by atoms with Crippen molar-refractivity contribution in [3.8, 4) is 5.75 Å². The maximum absolute atomic E-state index is 12.2. The summed E-state index contributed by atoms with van der Waals surface area (Å²) in [6.45, 7) is 1.85. The number of aromatic hydroxyl groups is 1. The third-order valence-corrected chi connectivity index (χ3v) is 3.65. The van der Waals surface area contributed by atoms with Gasteiger partial charge in [0, 0.05) is 11.6 Å². The molecule has 3 heteroatoms. The van der Waals surface area contributed by atoms with Crippen LogP contribution in [0.5, 0.6) is 5.75 Å². The standard InChI is InChI=1S/C15H21NO2/c1-11-10-13(17)8-9-14(11)15(18)16-12-6-4-2-3-5-7-12/h8-10,12,17H,2-7H2,1H3,(H,16,18). The van der Waals surface area contributed by atoms with Crippen molar-refractivity contribution in [2.24, 2.45) is 0 Å². The lowest BCUT2D eigenvalue weighted by atomic mass is 10.1. The summed E-state index contributed by atoms with van der Waals surface area (Å²) >= 11 is 0. The number of hydrogen-bond acceptors (Lipinski definition) is 2. The van der Waals surface area contributed by atoms with Crippen LogP contribution in [0.2, 0.25) is 0 Å². The van der Waals surface area contributed by atoms with Gasteiger partial charge in [-0.15, -0.1) is 0 Å². The van der Waals surface area contributed by atoms with Crippen LogP contribution in [-0.4, -0.2) is 17.1 Å². The smallest absolute Gasteiger partial charge is 0.251 e. The van der Waals surface area contributed by atoms with E-state index in [0.717, 1.165) is 18.4 Å². The monoisotopic (exact) mass is 247 g/mol. The molecule has 0 unspecified atom stereocenters. The molecule has 0 aromatic heterocycles. The van der Waals surface area contributed by atoms with Crippen molar-refractivity contribution in [2.45, 2.75) is 51.5 Å². The number of nitrogens with one attached hydrogen (secondary N) is 1. The van der Waals surface area contributed by atoms with Crippen molar-refractivity contribution >= 4 is 5.91 Å².